The zero-order valence-electron chi connectivity index (χ0n) is 8.91. The highest BCUT2D eigenvalue weighted by Crippen LogP contribution is 2.20. The van der Waals surface area contributed by atoms with Gasteiger partial charge in [0.2, 0.25) is 5.28 Å². The van der Waals surface area contributed by atoms with Crippen molar-refractivity contribution in [2.75, 3.05) is 11.9 Å². The molecule has 0 spiro atoms. The van der Waals surface area contributed by atoms with E-state index in [1.807, 2.05) is 6.92 Å². The third-order valence-corrected chi connectivity index (χ3v) is 2.78. The summed E-state index contributed by atoms with van der Waals surface area (Å²) in [5.41, 5.74) is 0. The van der Waals surface area contributed by atoms with E-state index in [0.717, 1.165) is 25.6 Å². The Bertz CT molecular complexity index is 371. The molecular weight excluding hydrogens is 233 g/mol. The minimum absolute atomic E-state index is 0.00275. The molecule has 0 saturated carbocycles. The molecule has 0 aromatic carbocycles. The van der Waals surface area contributed by atoms with Gasteiger partial charge in [0.1, 0.15) is 0 Å². The Labute approximate surface area is 98.2 Å². The first-order valence-corrected chi connectivity index (χ1v) is 5.61. The normalized spacial score (nSPS) is 22.1. The van der Waals surface area contributed by atoms with Crippen LogP contribution in [0.5, 0.6) is 0 Å². The highest BCUT2D eigenvalue weighted by atomic mass is 35.5. The number of hydrogen-bond donors (Lipinski definition) is 1. The van der Waals surface area contributed by atoms with Gasteiger partial charge >= 0.3 is 0 Å². The summed E-state index contributed by atoms with van der Waals surface area (Å²) in [6.45, 7) is 2.70. The van der Waals surface area contributed by atoms with Gasteiger partial charge in [-0.1, -0.05) is 0 Å². The van der Waals surface area contributed by atoms with Crippen molar-refractivity contribution in [1.29, 1.82) is 0 Å². The summed E-state index contributed by atoms with van der Waals surface area (Å²) in [7, 11) is 0. The van der Waals surface area contributed by atoms with E-state index >= 15 is 0 Å². The highest BCUT2D eigenvalue weighted by Gasteiger charge is 2.23. The number of nitrogens with zero attached hydrogens (tertiary/aromatic N) is 2. The third-order valence-electron chi connectivity index (χ3n) is 2.60. The molecule has 1 aliphatic heterocycles. The molecule has 1 aliphatic rings. The van der Waals surface area contributed by atoms with E-state index in [2.05, 4.69) is 15.3 Å². The molecular formula is C10H13ClFN3O. The van der Waals surface area contributed by atoms with Crippen molar-refractivity contribution in [1.82, 2.24) is 9.97 Å². The maximum absolute atomic E-state index is 13.3. The van der Waals surface area contributed by atoms with E-state index in [9.17, 15) is 4.39 Å². The van der Waals surface area contributed by atoms with Crippen LogP contribution in [0.25, 0.3) is 0 Å². The molecule has 88 valence electrons. The molecule has 1 N–H and O–H groups in total. The second-order valence-electron chi connectivity index (χ2n) is 3.82. The van der Waals surface area contributed by atoms with Crippen molar-refractivity contribution in [2.45, 2.75) is 31.9 Å². The van der Waals surface area contributed by atoms with Crippen LogP contribution in [0.4, 0.5) is 10.2 Å². The fourth-order valence-corrected chi connectivity index (χ4v) is 1.89. The molecule has 6 heteroatoms. The number of anilines is 1. The molecule has 1 fully saturated rings. The average molecular weight is 246 g/mol. The number of nitrogens with one attached hydrogen (secondary N) is 1. The summed E-state index contributed by atoms with van der Waals surface area (Å²) in [6, 6.07) is 0.00275. The van der Waals surface area contributed by atoms with Crippen molar-refractivity contribution in [3.8, 4) is 0 Å². The van der Waals surface area contributed by atoms with Crippen molar-refractivity contribution in [3.63, 3.8) is 0 Å². The summed E-state index contributed by atoms with van der Waals surface area (Å²) in [5, 5.41) is 2.99. The Hall–Kier alpha value is -0.940. The Morgan fingerprint density at radius 3 is 3.19 bits per heavy atom. The maximum atomic E-state index is 13.3. The molecule has 2 atom stereocenters. The molecule has 4 nitrogen and oxygen atoms in total. The first-order valence-electron chi connectivity index (χ1n) is 5.23. The van der Waals surface area contributed by atoms with Crippen molar-refractivity contribution in [3.05, 3.63) is 17.3 Å². The van der Waals surface area contributed by atoms with Gasteiger partial charge in [-0.2, -0.15) is 4.98 Å². The summed E-state index contributed by atoms with van der Waals surface area (Å²) in [5.74, 6) is -0.378. The fraction of sp³-hybridized carbons (Fsp3) is 0.600. The molecule has 0 aliphatic carbocycles. The van der Waals surface area contributed by atoms with E-state index in [4.69, 9.17) is 16.3 Å². The largest absolute Gasteiger partial charge is 0.376 e. The summed E-state index contributed by atoms with van der Waals surface area (Å²) in [4.78, 5) is 7.35. The monoisotopic (exact) mass is 245 g/mol. The smallest absolute Gasteiger partial charge is 0.224 e. The van der Waals surface area contributed by atoms with Crippen molar-refractivity contribution >= 4 is 17.4 Å². The van der Waals surface area contributed by atoms with Gasteiger partial charge in [0.15, 0.2) is 11.6 Å². The van der Waals surface area contributed by atoms with Crippen LogP contribution < -0.4 is 5.32 Å². The quantitative estimate of drug-likeness (QED) is 0.830. The topological polar surface area (TPSA) is 47.0 Å². The second-order valence-corrected chi connectivity index (χ2v) is 4.16. The van der Waals surface area contributed by atoms with Crippen LogP contribution in [0.15, 0.2) is 6.20 Å². The van der Waals surface area contributed by atoms with Crippen molar-refractivity contribution < 1.29 is 9.13 Å². The second kappa shape index (κ2) is 4.93. The molecule has 0 radical (unpaired) electrons. The lowest BCUT2D eigenvalue weighted by atomic mass is 10.1. The van der Waals surface area contributed by atoms with Gasteiger partial charge in [-0.05, 0) is 31.4 Å². The van der Waals surface area contributed by atoms with E-state index in [1.54, 1.807) is 0 Å². The van der Waals surface area contributed by atoms with Gasteiger partial charge in [-0.25, -0.2) is 9.37 Å². The molecule has 1 saturated heterocycles. The van der Waals surface area contributed by atoms with Crippen LogP contribution in [-0.2, 0) is 4.74 Å². The average Bonchev–Trinajstić information content (AvgIpc) is 2.76. The molecule has 2 unspecified atom stereocenters. The lowest BCUT2D eigenvalue weighted by Crippen LogP contribution is -2.30. The van der Waals surface area contributed by atoms with Crippen LogP contribution in [0.1, 0.15) is 19.8 Å². The summed E-state index contributed by atoms with van der Waals surface area (Å²) in [6.07, 6.45) is 3.19. The molecule has 0 bridgehead atoms. The lowest BCUT2D eigenvalue weighted by molar-refractivity contribution is 0.0994. The molecule has 2 rings (SSSR count). The number of hydrogen-bond acceptors (Lipinski definition) is 4. The maximum Gasteiger partial charge on any atom is 0.224 e. The van der Waals surface area contributed by atoms with Gasteiger partial charge < -0.3 is 10.1 Å². The van der Waals surface area contributed by atoms with Crippen LogP contribution in [0.3, 0.4) is 0 Å². The molecule has 0 amide bonds. The first kappa shape index (κ1) is 11.5. The van der Waals surface area contributed by atoms with Crippen LogP contribution in [-0.4, -0.2) is 28.7 Å². The van der Waals surface area contributed by atoms with E-state index < -0.39 is 5.82 Å². The minimum atomic E-state index is -0.505. The summed E-state index contributed by atoms with van der Waals surface area (Å²) >= 11 is 5.60. The van der Waals surface area contributed by atoms with E-state index in [0.29, 0.717) is 0 Å². The fourth-order valence-electron chi connectivity index (χ4n) is 1.75. The zero-order valence-corrected chi connectivity index (χ0v) is 9.67. The Kier molecular flexibility index (Phi) is 3.56. The number of halogens is 2. The standard InChI is InChI=1S/C10H13ClFN3O/c1-6(8-3-2-4-16-8)14-9-7(12)5-13-10(11)15-9/h5-6,8H,2-4H2,1H3,(H,13,14,15). The van der Waals surface area contributed by atoms with Crippen LogP contribution >= 0.6 is 11.6 Å². The molecule has 2 heterocycles. The van der Waals surface area contributed by atoms with Crippen molar-refractivity contribution in [2.24, 2.45) is 0 Å². The van der Waals surface area contributed by atoms with Crippen LogP contribution in [0, 0.1) is 5.82 Å². The highest BCUT2D eigenvalue weighted by molar-refractivity contribution is 6.28. The SMILES string of the molecule is CC(Nc1nc(Cl)ncc1F)C1CCCO1. The zero-order chi connectivity index (χ0) is 11.5. The first-order chi connectivity index (χ1) is 7.66. The van der Waals surface area contributed by atoms with Crippen LogP contribution in [0.2, 0.25) is 5.28 Å². The van der Waals surface area contributed by atoms with Gasteiger partial charge in [-0.3, -0.25) is 0 Å². The predicted molar refractivity (Wildman–Crippen MR) is 59.1 cm³/mol. The lowest BCUT2D eigenvalue weighted by Gasteiger charge is -2.20. The van der Waals surface area contributed by atoms with E-state index in [-0.39, 0.29) is 23.2 Å². The minimum Gasteiger partial charge on any atom is -0.376 e. The molecule has 16 heavy (non-hydrogen) atoms. The Balaban J connectivity index is 2.04. The molecule has 1 aromatic rings. The van der Waals surface area contributed by atoms with Gasteiger partial charge in [0.25, 0.3) is 0 Å². The Morgan fingerprint density at radius 2 is 2.50 bits per heavy atom. The van der Waals surface area contributed by atoms with Gasteiger partial charge in [0, 0.05) is 6.61 Å². The number of ether oxygens (including phenoxy) is 1. The number of aromatic nitrogens is 2. The summed E-state index contributed by atoms with van der Waals surface area (Å²) < 4.78 is 18.8. The Morgan fingerprint density at radius 1 is 1.69 bits per heavy atom. The van der Waals surface area contributed by atoms with Gasteiger partial charge in [0.05, 0.1) is 18.3 Å². The van der Waals surface area contributed by atoms with E-state index in [1.165, 1.54) is 0 Å². The molecule has 1 aromatic heterocycles. The third kappa shape index (κ3) is 2.59. The predicted octanol–water partition coefficient (Wildman–Crippen LogP) is 2.25. The number of rotatable bonds is 3. The van der Waals surface area contributed by atoms with Gasteiger partial charge in [-0.15, -0.1) is 0 Å².